The molecule has 6 rings (SSSR count). The third-order valence-corrected chi connectivity index (χ3v) is 12.1. The molecule has 3 unspecified atom stereocenters. The number of ketones is 1. The molecule has 4 saturated carbocycles. The second-order valence-electron chi connectivity index (χ2n) is 13.4. The number of rotatable bonds is 5. The predicted octanol–water partition coefficient (Wildman–Crippen LogP) is 3.75. The Labute approximate surface area is 219 Å². The van der Waals surface area contributed by atoms with Gasteiger partial charge in [-0.05, 0) is 86.5 Å². The minimum Gasteiger partial charge on any atom is -0.445 e. The van der Waals surface area contributed by atoms with Gasteiger partial charge in [0.2, 0.25) is 5.91 Å². The quantitative estimate of drug-likeness (QED) is 0.536. The summed E-state index contributed by atoms with van der Waals surface area (Å²) in [6, 6.07) is 0. The number of nitrogens with zero attached hydrogens (tertiary/aromatic N) is 1. The highest BCUT2D eigenvalue weighted by atomic mass is 35.5. The van der Waals surface area contributed by atoms with Crippen LogP contribution in [0.5, 0.6) is 0 Å². The van der Waals surface area contributed by atoms with Crippen molar-refractivity contribution in [2.24, 2.45) is 45.8 Å². The number of hydrogen-bond acceptors (Lipinski definition) is 6. The van der Waals surface area contributed by atoms with E-state index >= 15 is 0 Å². The third kappa shape index (κ3) is 3.54. The number of alkyl halides is 1. The van der Waals surface area contributed by atoms with Gasteiger partial charge in [-0.3, -0.25) is 14.9 Å². The van der Waals surface area contributed by atoms with E-state index in [2.05, 4.69) is 24.1 Å². The summed E-state index contributed by atoms with van der Waals surface area (Å²) in [4.78, 5) is 41.9. The van der Waals surface area contributed by atoms with Gasteiger partial charge in [-0.15, -0.1) is 11.6 Å². The number of piperidine rings is 1. The second-order valence-corrected chi connectivity index (χ2v) is 13.7. The van der Waals surface area contributed by atoms with E-state index < -0.39 is 23.7 Å². The van der Waals surface area contributed by atoms with Crippen molar-refractivity contribution in [2.45, 2.75) is 83.8 Å². The van der Waals surface area contributed by atoms with Crippen molar-refractivity contribution < 1.29 is 24.2 Å². The molecule has 200 valence electrons. The number of aliphatic hydroxyl groups excluding tert-OH is 1. The van der Waals surface area contributed by atoms with Crippen LogP contribution in [-0.2, 0) is 14.3 Å². The number of nitrogens with one attached hydrogen (secondary N) is 1. The average Bonchev–Trinajstić information content (AvgIpc) is 3.13. The summed E-state index contributed by atoms with van der Waals surface area (Å²) >= 11 is 6.08. The van der Waals surface area contributed by atoms with Gasteiger partial charge in [0.15, 0.2) is 0 Å². The lowest BCUT2D eigenvalue weighted by molar-refractivity contribution is -0.165. The minimum atomic E-state index is -0.688. The van der Waals surface area contributed by atoms with Crippen molar-refractivity contribution in [1.29, 1.82) is 0 Å². The molecule has 2 N–H and O–H groups in total. The van der Waals surface area contributed by atoms with Gasteiger partial charge < -0.3 is 14.7 Å². The number of carbonyl (C=O) groups excluding carboxylic acids is 3. The molecule has 2 heterocycles. The zero-order valence-electron chi connectivity index (χ0n) is 21.6. The fourth-order valence-electron chi connectivity index (χ4n) is 9.86. The van der Waals surface area contributed by atoms with E-state index in [0.29, 0.717) is 37.1 Å². The molecule has 2 amide bonds. The first-order chi connectivity index (χ1) is 17.1. The Morgan fingerprint density at radius 3 is 2.72 bits per heavy atom. The van der Waals surface area contributed by atoms with E-state index in [-0.39, 0.29) is 40.3 Å². The van der Waals surface area contributed by atoms with E-state index in [1.54, 1.807) is 0 Å². The highest BCUT2D eigenvalue weighted by molar-refractivity contribution is 6.17. The molecule has 0 aromatic carbocycles. The molecule has 1 spiro atoms. The topological polar surface area (TPSA) is 95.9 Å². The monoisotopic (exact) mass is 520 g/mol. The number of amides is 2. The number of imide groups is 1. The van der Waals surface area contributed by atoms with Gasteiger partial charge in [0.1, 0.15) is 11.9 Å². The minimum absolute atomic E-state index is 0.00292. The van der Waals surface area contributed by atoms with Crippen molar-refractivity contribution in [3.63, 3.8) is 0 Å². The average molecular weight is 521 g/mol. The van der Waals surface area contributed by atoms with Crippen LogP contribution in [0.2, 0.25) is 0 Å². The molecule has 4 bridgehead atoms. The third-order valence-electron chi connectivity index (χ3n) is 11.8. The molecular weight excluding hydrogens is 480 g/mol. The first kappa shape index (κ1) is 25.1. The summed E-state index contributed by atoms with van der Waals surface area (Å²) in [7, 11) is 0. The lowest BCUT2D eigenvalue weighted by Gasteiger charge is -2.56. The van der Waals surface area contributed by atoms with Crippen LogP contribution >= 0.6 is 11.6 Å². The van der Waals surface area contributed by atoms with Crippen LogP contribution in [-0.4, -0.2) is 65.5 Å². The van der Waals surface area contributed by atoms with Crippen LogP contribution in [0.4, 0.5) is 4.79 Å². The normalized spacial score (nSPS) is 50.6. The van der Waals surface area contributed by atoms with Crippen LogP contribution in [0, 0.1) is 45.8 Å². The summed E-state index contributed by atoms with van der Waals surface area (Å²) in [5.41, 5.74) is -1.08. The number of alkyl carbamates (subject to hydrolysis) is 1. The van der Waals surface area contributed by atoms with Crippen molar-refractivity contribution in [3.05, 3.63) is 0 Å². The van der Waals surface area contributed by atoms with Crippen LogP contribution in [0.1, 0.15) is 71.6 Å². The standard InChI is InChI=1S/C28H41ClN2O5/c1-16-23(33)26(2,7-3-10-29)13-21(28-12-18(28)4-8-27(16)9-5-20(32)22(27)28)36-25(35)30-24(34)19-15-31-11-6-17(19)14-31/h16-19,21-23,33H,3-15H2,1-2H3,(H,30,34,35)/t16-,17+,18-,19-,21+,22?,23-,26+,27?,28-/m0/s1. The maximum atomic E-state index is 13.4. The van der Waals surface area contributed by atoms with Gasteiger partial charge in [-0.25, -0.2) is 4.79 Å². The van der Waals surface area contributed by atoms with Crippen molar-refractivity contribution in [1.82, 2.24) is 10.2 Å². The molecule has 8 heteroatoms. The SMILES string of the molecule is C[C@H]1[C@H](O)[C@](C)(CCCCl)C[C@@H](OC(=O)NC(=O)[C@H]2CN3CC[C@@H]2C3)[C@]23C[C@@H]2CCC12CCC(=O)C23. The lowest BCUT2D eigenvalue weighted by Crippen LogP contribution is -2.58. The fraction of sp³-hybridized carbons (Fsp3) is 0.893. The highest BCUT2D eigenvalue weighted by Gasteiger charge is 2.77. The number of carbonyl (C=O) groups is 3. The van der Waals surface area contributed by atoms with E-state index in [1.165, 1.54) is 0 Å². The number of aliphatic hydroxyl groups is 1. The molecule has 6 aliphatic rings. The summed E-state index contributed by atoms with van der Waals surface area (Å²) in [6.07, 6.45) is 5.43. The number of ether oxygens (including phenoxy) is 1. The lowest BCUT2D eigenvalue weighted by atomic mass is 9.50. The summed E-state index contributed by atoms with van der Waals surface area (Å²) in [5.74, 6) is 0.899. The maximum Gasteiger partial charge on any atom is 0.414 e. The molecule has 0 aromatic heterocycles. The summed E-state index contributed by atoms with van der Waals surface area (Å²) < 4.78 is 6.20. The van der Waals surface area contributed by atoms with Crippen LogP contribution in [0.3, 0.4) is 0 Å². The van der Waals surface area contributed by atoms with E-state index in [4.69, 9.17) is 16.3 Å². The summed E-state index contributed by atoms with van der Waals surface area (Å²) in [6.45, 7) is 6.91. The van der Waals surface area contributed by atoms with Crippen molar-refractivity contribution in [3.8, 4) is 0 Å². The largest absolute Gasteiger partial charge is 0.445 e. The molecule has 6 fully saturated rings. The highest BCUT2D eigenvalue weighted by Crippen LogP contribution is 2.77. The molecule has 2 aliphatic heterocycles. The van der Waals surface area contributed by atoms with Crippen LogP contribution < -0.4 is 5.32 Å². The molecular formula is C28H41ClN2O5. The van der Waals surface area contributed by atoms with Gasteiger partial charge >= 0.3 is 6.09 Å². The van der Waals surface area contributed by atoms with Crippen LogP contribution in [0.25, 0.3) is 0 Å². The Morgan fingerprint density at radius 1 is 1.22 bits per heavy atom. The molecule has 36 heavy (non-hydrogen) atoms. The zero-order valence-corrected chi connectivity index (χ0v) is 22.4. The molecule has 2 saturated heterocycles. The van der Waals surface area contributed by atoms with E-state index in [0.717, 1.165) is 58.0 Å². The Morgan fingerprint density at radius 2 is 2.03 bits per heavy atom. The summed E-state index contributed by atoms with van der Waals surface area (Å²) in [5, 5.41) is 14.4. The van der Waals surface area contributed by atoms with Crippen LogP contribution in [0.15, 0.2) is 0 Å². The van der Waals surface area contributed by atoms with Crippen molar-refractivity contribution >= 4 is 29.4 Å². The van der Waals surface area contributed by atoms with Gasteiger partial charge in [0.05, 0.1) is 12.0 Å². The first-order valence-electron chi connectivity index (χ1n) is 14.2. The van der Waals surface area contributed by atoms with Gasteiger partial charge in [-0.1, -0.05) is 13.8 Å². The Bertz CT molecular complexity index is 960. The van der Waals surface area contributed by atoms with E-state index in [1.807, 2.05) is 0 Å². The number of hydrogen-bond donors (Lipinski definition) is 2. The number of Topliss-reactive ketones (excluding diaryl/α,β-unsaturated/α-hetero) is 1. The number of halogens is 1. The molecule has 0 aromatic rings. The fourth-order valence-corrected chi connectivity index (χ4v) is 9.99. The predicted molar refractivity (Wildman–Crippen MR) is 134 cm³/mol. The van der Waals surface area contributed by atoms with Gasteiger partial charge in [0, 0.05) is 36.7 Å². The molecule has 7 nitrogen and oxygen atoms in total. The van der Waals surface area contributed by atoms with Gasteiger partial charge in [-0.2, -0.15) is 0 Å². The second kappa shape index (κ2) is 8.67. The molecule has 0 radical (unpaired) electrons. The maximum absolute atomic E-state index is 13.4. The zero-order chi connectivity index (χ0) is 25.5. The smallest absolute Gasteiger partial charge is 0.414 e. The van der Waals surface area contributed by atoms with Gasteiger partial charge in [0.25, 0.3) is 0 Å². The molecule has 11 atom stereocenters. The van der Waals surface area contributed by atoms with E-state index in [9.17, 15) is 19.5 Å². The van der Waals surface area contributed by atoms with Crippen molar-refractivity contribution in [2.75, 3.05) is 25.5 Å². The first-order valence-corrected chi connectivity index (χ1v) is 14.7. The number of fused-ring (bicyclic) bond motifs is 2. The Kier molecular flexibility index (Phi) is 6.05. The Balaban J connectivity index is 1.29. The molecule has 4 aliphatic carbocycles. The Hall–Kier alpha value is -1.18.